The molecule has 37 heavy (non-hydrogen) atoms. The fraction of sp³-hybridized carbons (Fsp3) is 0.240. The molecule has 1 aliphatic carbocycles. The fourth-order valence-corrected chi connectivity index (χ4v) is 5.16. The Balaban J connectivity index is 1.54. The van der Waals surface area contributed by atoms with Gasteiger partial charge in [-0.3, -0.25) is 9.59 Å². The molecule has 3 heterocycles. The second-order valence-corrected chi connectivity index (χ2v) is 8.97. The minimum atomic E-state index is -2.44. The molecule has 1 spiro atoms. The van der Waals surface area contributed by atoms with Crippen LogP contribution in [0.25, 0.3) is 10.8 Å². The third-order valence-electron chi connectivity index (χ3n) is 6.85. The molecule has 3 aliphatic rings. The Bertz CT molecular complexity index is 1680. The van der Waals surface area contributed by atoms with Crippen molar-refractivity contribution in [2.24, 2.45) is 0 Å². The summed E-state index contributed by atoms with van der Waals surface area (Å²) in [4.78, 5) is 37.8. The van der Waals surface area contributed by atoms with E-state index in [4.69, 9.17) is 18.6 Å². The number of aromatic hydroxyl groups is 3. The number of ketones is 2. The molecule has 3 aromatic rings. The molecular weight excluding hydrogens is 492 g/mol. The molecule has 6 rings (SSSR count). The van der Waals surface area contributed by atoms with Gasteiger partial charge in [-0.2, -0.15) is 0 Å². The van der Waals surface area contributed by atoms with E-state index in [2.05, 4.69) is 0 Å². The van der Waals surface area contributed by atoms with Gasteiger partial charge in [0, 0.05) is 18.1 Å². The highest BCUT2D eigenvalue weighted by atomic mass is 16.7. The average molecular weight is 510 g/mol. The van der Waals surface area contributed by atoms with Gasteiger partial charge in [-0.25, -0.2) is 4.79 Å². The van der Waals surface area contributed by atoms with Crippen molar-refractivity contribution in [2.45, 2.75) is 31.3 Å². The number of benzene rings is 2. The molecule has 3 atom stereocenters. The molecule has 0 saturated heterocycles. The first-order chi connectivity index (χ1) is 17.5. The Morgan fingerprint density at radius 3 is 2.38 bits per heavy atom. The molecule has 12 nitrogen and oxygen atoms in total. The summed E-state index contributed by atoms with van der Waals surface area (Å²) in [6.07, 6.45) is -3.08. The van der Waals surface area contributed by atoms with Crippen molar-refractivity contribution < 1.29 is 53.7 Å². The highest BCUT2D eigenvalue weighted by Crippen LogP contribution is 2.59. The van der Waals surface area contributed by atoms with Crippen LogP contribution in [0.3, 0.4) is 0 Å². The lowest BCUT2D eigenvalue weighted by atomic mass is 9.86. The lowest BCUT2D eigenvalue weighted by Crippen LogP contribution is -2.57. The summed E-state index contributed by atoms with van der Waals surface area (Å²) >= 11 is 0. The number of aliphatic hydroxyl groups excluding tert-OH is 2. The van der Waals surface area contributed by atoms with Crippen molar-refractivity contribution in [3.8, 4) is 28.7 Å². The van der Waals surface area contributed by atoms with Crippen LogP contribution in [0.4, 0.5) is 0 Å². The predicted octanol–water partition coefficient (Wildman–Crippen LogP) is 1.25. The number of carbonyl (C=O) groups is 2. The smallest absolute Gasteiger partial charge is 0.347 e. The Kier molecular flexibility index (Phi) is 4.48. The van der Waals surface area contributed by atoms with Crippen LogP contribution in [0.2, 0.25) is 0 Å². The maximum atomic E-state index is 12.8. The molecule has 12 heteroatoms. The lowest BCUT2D eigenvalue weighted by Gasteiger charge is -2.40. The number of rotatable bonds is 1. The Labute approximate surface area is 206 Å². The number of aliphatic hydroxyl groups is 2. The Morgan fingerprint density at radius 2 is 1.68 bits per heavy atom. The van der Waals surface area contributed by atoms with Crippen LogP contribution in [-0.4, -0.2) is 56.1 Å². The van der Waals surface area contributed by atoms with Gasteiger partial charge in [0.25, 0.3) is 0 Å². The molecular formula is C25H18O12. The number of phenolic OH excluding ortho intramolecular Hbond substituents is 3. The van der Waals surface area contributed by atoms with E-state index < -0.39 is 80.6 Å². The standard InChI is InChI=1S/C25H18O12/c1-7-3-8-4-9-5-12(27)25(36-21(9)19(30)13(8)24(33)35-7)23(32)16-18(29)14-10(26)6-11(34-2)17(28)15(14)20(31)22(16)37-25/h3-4,6,12,23,27,29-32H,5H2,1-2H3/t12-,23+,25+/m0/s1. The maximum Gasteiger partial charge on any atom is 0.347 e. The Hall–Kier alpha value is -4.55. The van der Waals surface area contributed by atoms with Crippen LogP contribution >= 0.6 is 0 Å². The van der Waals surface area contributed by atoms with E-state index in [1.54, 1.807) is 6.92 Å². The summed E-state index contributed by atoms with van der Waals surface area (Å²) in [5.74, 6) is -7.64. The zero-order valence-electron chi connectivity index (χ0n) is 19.2. The summed E-state index contributed by atoms with van der Waals surface area (Å²) in [7, 11) is 1.14. The van der Waals surface area contributed by atoms with Crippen molar-refractivity contribution in [1.82, 2.24) is 0 Å². The largest absolute Gasteiger partial charge is 0.507 e. The summed E-state index contributed by atoms with van der Waals surface area (Å²) in [6.45, 7) is 1.55. The zero-order valence-corrected chi connectivity index (χ0v) is 19.2. The number of allylic oxidation sites excluding steroid dienone is 2. The van der Waals surface area contributed by atoms with Crippen LogP contribution in [-0.2, 0) is 11.2 Å². The van der Waals surface area contributed by atoms with Gasteiger partial charge in [0.05, 0.1) is 23.8 Å². The van der Waals surface area contributed by atoms with Gasteiger partial charge in [0.2, 0.25) is 5.78 Å². The highest BCUT2D eigenvalue weighted by molar-refractivity contribution is 6.26. The second-order valence-electron chi connectivity index (χ2n) is 8.97. The number of Topliss-reactive ketones (excluding diaryl/α,β-unsaturated/α-hetero) is 1. The maximum absolute atomic E-state index is 12.8. The summed E-state index contributed by atoms with van der Waals surface area (Å²) < 4.78 is 21.4. The third-order valence-corrected chi connectivity index (χ3v) is 6.85. The predicted molar refractivity (Wildman–Crippen MR) is 121 cm³/mol. The van der Waals surface area contributed by atoms with E-state index in [1.165, 1.54) is 12.1 Å². The van der Waals surface area contributed by atoms with Gasteiger partial charge < -0.3 is 44.2 Å². The normalized spacial score (nSPS) is 23.7. The van der Waals surface area contributed by atoms with Crippen molar-refractivity contribution >= 4 is 22.3 Å². The molecule has 0 fully saturated rings. The molecule has 2 aliphatic heterocycles. The molecule has 0 unspecified atom stereocenters. The van der Waals surface area contributed by atoms with E-state index in [-0.39, 0.29) is 23.1 Å². The first-order valence-electron chi connectivity index (χ1n) is 11.0. The van der Waals surface area contributed by atoms with E-state index in [9.17, 15) is 39.9 Å². The number of ether oxygens (including phenoxy) is 3. The van der Waals surface area contributed by atoms with Crippen molar-refractivity contribution in [3.63, 3.8) is 0 Å². The minimum absolute atomic E-state index is 0.212. The summed E-state index contributed by atoms with van der Waals surface area (Å²) in [5.41, 5.74) is -2.29. The van der Waals surface area contributed by atoms with Crippen LogP contribution in [0, 0.1) is 6.92 Å². The third kappa shape index (κ3) is 2.76. The quantitative estimate of drug-likeness (QED) is 0.295. The van der Waals surface area contributed by atoms with Gasteiger partial charge >= 0.3 is 11.4 Å². The molecule has 0 amide bonds. The first-order valence-corrected chi connectivity index (χ1v) is 11.0. The van der Waals surface area contributed by atoms with Gasteiger partial charge in [0.1, 0.15) is 23.0 Å². The van der Waals surface area contributed by atoms with Crippen LogP contribution < -0.4 is 15.1 Å². The highest BCUT2D eigenvalue weighted by Gasteiger charge is 2.61. The summed E-state index contributed by atoms with van der Waals surface area (Å²) in [6, 6.07) is 3.02. The number of methoxy groups -OCH3 is 1. The number of carbonyl (C=O) groups excluding carboxylic acids is 2. The monoisotopic (exact) mass is 510 g/mol. The van der Waals surface area contributed by atoms with E-state index in [0.29, 0.717) is 11.1 Å². The SMILES string of the molecule is COC1=CC(=O)c2c(O)c3c(c(O)c2C1=O)O[C@@]1(Oc2c(cc4cc(C)oc(=O)c4c2O)C[C@@H]1O)[C@@H]3O. The molecule has 2 aromatic carbocycles. The molecule has 1 aromatic heterocycles. The Morgan fingerprint density at radius 1 is 0.973 bits per heavy atom. The van der Waals surface area contributed by atoms with Crippen LogP contribution in [0.5, 0.6) is 28.7 Å². The topological polar surface area (TPSA) is 193 Å². The van der Waals surface area contributed by atoms with Gasteiger partial charge in [0.15, 0.2) is 40.6 Å². The molecule has 190 valence electrons. The lowest BCUT2D eigenvalue weighted by molar-refractivity contribution is -0.234. The molecule has 5 N–H and O–H groups in total. The molecule has 0 saturated carbocycles. The molecule has 0 bridgehead atoms. The number of hydrogen-bond acceptors (Lipinski definition) is 12. The number of aryl methyl sites for hydroxylation is 1. The van der Waals surface area contributed by atoms with Crippen molar-refractivity contribution in [2.75, 3.05) is 7.11 Å². The average Bonchev–Trinajstić information content (AvgIpc) is 3.13. The summed E-state index contributed by atoms with van der Waals surface area (Å²) in [5, 5.41) is 55.1. The number of phenols is 3. The zero-order chi connectivity index (χ0) is 26.5. The van der Waals surface area contributed by atoms with Gasteiger partial charge in [-0.05, 0) is 24.4 Å². The minimum Gasteiger partial charge on any atom is -0.507 e. The second kappa shape index (κ2) is 7.24. The van der Waals surface area contributed by atoms with Crippen molar-refractivity contribution in [1.29, 1.82) is 0 Å². The van der Waals surface area contributed by atoms with E-state index in [1.807, 2.05) is 0 Å². The molecule has 0 radical (unpaired) electrons. The van der Waals surface area contributed by atoms with E-state index in [0.717, 1.165) is 13.2 Å². The van der Waals surface area contributed by atoms with Gasteiger partial charge in [-0.1, -0.05) is 0 Å². The van der Waals surface area contributed by atoms with Crippen LogP contribution in [0.15, 0.2) is 33.2 Å². The first kappa shape index (κ1) is 22.9. The van der Waals surface area contributed by atoms with Gasteiger partial charge in [-0.15, -0.1) is 0 Å². The fourth-order valence-electron chi connectivity index (χ4n) is 5.16. The van der Waals surface area contributed by atoms with E-state index >= 15 is 0 Å². The van der Waals surface area contributed by atoms with Crippen LogP contribution in [0.1, 0.15) is 43.7 Å². The van der Waals surface area contributed by atoms with Crippen molar-refractivity contribution in [3.05, 3.63) is 62.4 Å². The number of fused-ring (bicyclic) bond motifs is 4. The number of hydrogen-bond donors (Lipinski definition) is 5.